The number of rotatable bonds is 10. The third kappa shape index (κ3) is 7.39. The molecule has 0 unspecified atom stereocenters. The zero-order valence-electron chi connectivity index (χ0n) is 18.4. The van der Waals surface area contributed by atoms with Gasteiger partial charge in [-0.05, 0) is 37.8 Å². The van der Waals surface area contributed by atoms with E-state index in [1.165, 1.54) is 6.20 Å². The molecule has 3 rings (SSSR count). The van der Waals surface area contributed by atoms with Crippen molar-refractivity contribution >= 4 is 34.9 Å². The molecule has 1 saturated heterocycles. The third-order valence-corrected chi connectivity index (χ3v) is 6.03. The van der Waals surface area contributed by atoms with Crippen LogP contribution in [0.2, 0.25) is 10.3 Å². The predicted molar refractivity (Wildman–Crippen MR) is 123 cm³/mol. The monoisotopic (exact) mass is 502 g/mol. The zero-order valence-corrected chi connectivity index (χ0v) is 19.9. The van der Waals surface area contributed by atoms with E-state index in [2.05, 4.69) is 20.6 Å². The van der Waals surface area contributed by atoms with Crippen molar-refractivity contribution in [1.82, 2.24) is 15.3 Å². The van der Waals surface area contributed by atoms with Gasteiger partial charge in [0.05, 0.1) is 26.0 Å². The number of nitro groups is 1. The van der Waals surface area contributed by atoms with Gasteiger partial charge in [-0.2, -0.15) is 4.98 Å². The molecule has 2 aliphatic rings. The van der Waals surface area contributed by atoms with E-state index in [-0.39, 0.29) is 29.4 Å². The molecule has 1 spiro atoms. The quantitative estimate of drug-likeness (QED) is 0.109. The van der Waals surface area contributed by atoms with Crippen molar-refractivity contribution in [2.24, 2.45) is 0 Å². The van der Waals surface area contributed by atoms with Gasteiger partial charge in [-0.25, -0.2) is 4.98 Å². The Hall–Kier alpha value is -2.21. The molecule has 1 aromatic rings. The molecule has 0 aromatic carbocycles. The van der Waals surface area contributed by atoms with Crippen LogP contribution in [0.25, 0.3) is 0 Å². The predicted octanol–water partition coefficient (Wildman–Crippen LogP) is 3.41. The third-order valence-electron chi connectivity index (χ3n) is 5.57. The molecule has 0 amide bonds. The molecule has 1 saturated carbocycles. The van der Waals surface area contributed by atoms with Gasteiger partial charge in [0.1, 0.15) is 16.4 Å². The number of allylic oxidation sites excluding steroid dienone is 1. The van der Waals surface area contributed by atoms with Gasteiger partial charge in [-0.1, -0.05) is 11.6 Å². The molecule has 11 nitrogen and oxygen atoms in total. The van der Waals surface area contributed by atoms with Crippen LogP contribution in [-0.2, 0) is 14.2 Å². The van der Waals surface area contributed by atoms with Crippen LogP contribution in [0.5, 0.6) is 0 Å². The van der Waals surface area contributed by atoms with Crippen molar-refractivity contribution in [3.05, 3.63) is 37.9 Å². The number of nitrogens with one attached hydrogen (secondary N) is 3. The number of hydrogen-bond acceptors (Lipinski definition) is 10. The first-order valence-corrected chi connectivity index (χ1v) is 11.5. The second-order valence-electron chi connectivity index (χ2n) is 7.91. The van der Waals surface area contributed by atoms with Crippen molar-refractivity contribution in [3.63, 3.8) is 0 Å². The van der Waals surface area contributed by atoms with Gasteiger partial charge in [0.2, 0.25) is 17.7 Å². The van der Waals surface area contributed by atoms with Crippen LogP contribution in [0.15, 0.2) is 17.5 Å². The highest BCUT2D eigenvalue weighted by molar-refractivity contribution is 6.33. The second kappa shape index (κ2) is 11.8. The first-order valence-electron chi connectivity index (χ1n) is 10.8. The van der Waals surface area contributed by atoms with Gasteiger partial charge in [-0.15, -0.1) is 0 Å². The summed E-state index contributed by atoms with van der Waals surface area (Å²) in [6.07, 6.45) is 5.09. The highest BCUT2D eigenvalue weighted by atomic mass is 35.5. The molecule has 182 valence electrons. The fraction of sp³-hybridized carbons (Fsp3) is 0.650. The van der Waals surface area contributed by atoms with E-state index in [1.807, 2.05) is 0 Å². The average Bonchev–Trinajstić information content (AvgIpc) is 3.23. The van der Waals surface area contributed by atoms with Gasteiger partial charge in [0.15, 0.2) is 5.79 Å². The number of aromatic nitrogens is 2. The first kappa shape index (κ1) is 25.4. The Morgan fingerprint density at radius 2 is 2.06 bits per heavy atom. The maximum Gasteiger partial charge on any atom is 0.235 e. The highest BCUT2D eigenvalue weighted by Crippen LogP contribution is 2.36. The Labute approximate surface area is 201 Å². The Morgan fingerprint density at radius 1 is 1.36 bits per heavy atom. The summed E-state index contributed by atoms with van der Waals surface area (Å²) in [4.78, 5) is 18.5. The highest BCUT2D eigenvalue weighted by Gasteiger charge is 2.40. The summed E-state index contributed by atoms with van der Waals surface area (Å²) in [5, 5.41) is 26.2. The Kier molecular flexibility index (Phi) is 9.07. The van der Waals surface area contributed by atoms with Crippen LogP contribution in [0.4, 0.5) is 5.82 Å². The van der Waals surface area contributed by atoms with Gasteiger partial charge in [0.25, 0.3) is 0 Å². The minimum absolute atomic E-state index is 0.0777. The van der Waals surface area contributed by atoms with E-state index in [9.17, 15) is 10.1 Å². The van der Waals surface area contributed by atoms with Gasteiger partial charge in [-0.3, -0.25) is 15.5 Å². The van der Waals surface area contributed by atoms with Crippen LogP contribution < -0.4 is 10.6 Å². The van der Waals surface area contributed by atoms with E-state index in [0.29, 0.717) is 42.7 Å². The topological polar surface area (TPSA) is 145 Å². The minimum atomic E-state index is -0.492. The van der Waals surface area contributed by atoms with E-state index in [0.717, 1.165) is 25.7 Å². The lowest BCUT2D eigenvalue weighted by Crippen LogP contribution is -2.42. The zero-order chi connectivity index (χ0) is 23.8. The number of hydrogen-bond donors (Lipinski definition) is 3. The molecule has 2 heterocycles. The van der Waals surface area contributed by atoms with Crippen molar-refractivity contribution in [3.8, 4) is 0 Å². The Bertz CT molecular complexity index is 884. The fourth-order valence-corrected chi connectivity index (χ4v) is 4.17. The maximum atomic E-state index is 11.2. The second-order valence-corrected chi connectivity index (χ2v) is 8.66. The van der Waals surface area contributed by atoms with E-state index in [4.69, 9.17) is 42.8 Å². The summed E-state index contributed by atoms with van der Waals surface area (Å²) in [6.45, 7) is 3.14. The summed E-state index contributed by atoms with van der Waals surface area (Å²) < 4.78 is 17.0. The van der Waals surface area contributed by atoms with Crippen LogP contribution in [0.3, 0.4) is 0 Å². The minimum Gasteiger partial charge on any atom is -0.478 e. The maximum absolute atomic E-state index is 11.2. The molecule has 1 aromatic heterocycles. The van der Waals surface area contributed by atoms with E-state index >= 15 is 0 Å². The fourth-order valence-electron chi connectivity index (χ4n) is 3.88. The standard InChI is InChI=1S/C20H28Cl2N6O5/c1-13(26-14-3-5-20(6-4-14)32-9-10-33-20)15(12-28(29)30)17(23)31-8-2-7-24-18-16(21)11-25-19(22)27-18/h11,14,23,26H,2-10,12H2,1H3,(H,24,25,27)/b15-13-,23-17?. The van der Waals surface area contributed by atoms with Crippen molar-refractivity contribution < 1.29 is 19.1 Å². The molecule has 13 heteroatoms. The molecule has 1 aliphatic heterocycles. The van der Waals surface area contributed by atoms with Crippen LogP contribution in [0, 0.1) is 15.5 Å². The molecule has 0 bridgehead atoms. The number of anilines is 1. The van der Waals surface area contributed by atoms with Crippen molar-refractivity contribution in [2.75, 3.05) is 38.2 Å². The smallest absolute Gasteiger partial charge is 0.235 e. The first-order chi connectivity index (χ1) is 15.8. The molecule has 3 N–H and O–H groups in total. The lowest BCUT2D eigenvalue weighted by molar-refractivity contribution is -0.470. The molecular formula is C20H28Cl2N6O5. The Morgan fingerprint density at radius 3 is 2.73 bits per heavy atom. The summed E-state index contributed by atoms with van der Waals surface area (Å²) in [5.74, 6) is -0.275. The summed E-state index contributed by atoms with van der Waals surface area (Å²) >= 11 is 11.8. The lowest BCUT2D eigenvalue weighted by Gasteiger charge is -2.36. The lowest BCUT2D eigenvalue weighted by atomic mass is 9.89. The van der Waals surface area contributed by atoms with Crippen molar-refractivity contribution in [2.45, 2.75) is 50.9 Å². The molecule has 0 atom stereocenters. The SMILES string of the molecule is C/C(NC1CCC2(CC1)OCCO2)=C(\C[N+](=O)[O-])C(=N)OCCCNc1nc(Cl)ncc1Cl. The summed E-state index contributed by atoms with van der Waals surface area (Å²) in [7, 11) is 0. The molecule has 2 fully saturated rings. The number of nitrogens with zero attached hydrogens (tertiary/aromatic N) is 3. The van der Waals surface area contributed by atoms with Crippen LogP contribution in [-0.4, -0.2) is 65.5 Å². The van der Waals surface area contributed by atoms with Gasteiger partial charge < -0.3 is 24.8 Å². The summed E-state index contributed by atoms with van der Waals surface area (Å²) in [5.41, 5.74) is 0.804. The average molecular weight is 503 g/mol. The van der Waals surface area contributed by atoms with E-state index < -0.39 is 17.3 Å². The number of ether oxygens (including phenoxy) is 3. The molecule has 33 heavy (non-hydrogen) atoms. The van der Waals surface area contributed by atoms with Crippen molar-refractivity contribution in [1.29, 1.82) is 5.41 Å². The number of halogens is 2. The molecular weight excluding hydrogens is 475 g/mol. The van der Waals surface area contributed by atoms with E-state index in [1.54, 1.807) is 6.92 Å². The molecule has 0 radical (unpaired) electrons. The Balaban J connectivity index is 1.48. The van der Waals surface area contributed by atoms with Gasteiger partial charge in [0, 0.05) is 36.0 Å². The largest absolute Gasteiger partial charge is 0.478 e. The summed E-state index contributed by atoms with van der Waals surface area (Å²) in [6, 6.07) is 0.131. The van der Waals surface area contributed by atoms with Crippen LogP contribution >= 0.6 is 23.2 Å². The van der Waals surface area contributed by atoms with Crippen LogP contribution in [0.1, 0.15) is 39.0 Å². The normalized spacial score (nSPS) is 18.6. The molecule has 1 aliphatic carbocycles. The van der Waals surface area contributed by atoms with Gasteiger partial charge >= 0.3 is 0 Å².